The van der Waals surface area contributed by atoms with Crippen LogP contribution >= 0.6 is 11.3 Å². The Morgan fingerprint density at radius 1 is 1.25 bits per heavy atom. The van der Waals surface area contributed by atoms with E-state index >= 15 is 0 Å². The van der Waals surface area contributed by atoms with Gasteiger partial charge in [-0.1, -0.05) is 37.6 Å². The van der Waals surface area contributed by atoms with Crippen molar-refractivity contribution in [1.29, 1.82) is 0 Å². The molecule has 2 aliphatic rings. The van der Waals surface area contributed by atoms with E-state index in [9.17, 15) is 4.79 Å². The van der Waals surface area contributed by atoms with Crippen LogP contribution in [-0.2, 0) is 6.42 Å². The Labute approximate surface area is 172 Å². The van der Waals surface area contributed by atoms with Gasteiger partial charge in [0.1, 0.15) is 9.88 Å². The Bertz CT molecular complexity index is 808. The highest BCUT2D eigenvalue weighted by molar-refractivity contribution is 7.17. The van der Waals surface area contributed by atoms with Gasteiger partial charge in [-0.05, 0) is 63.6 Å². The average molecular weight is 398 g/mol. The summed E-state index contributed by atoms with van der Waals surface area (Å²) in [6.07, 6.45) is 6.94. The maximum atomic E-state index is 13.4. The molecule has 1 aromatic carbocycles. The van der Waals surface area contributed by atoms with E-state index in [1.54, 1.807) is 11.3 Å². The van der Waals surface area contributed by atoms with Crippen LogP contribution in [0.15, 0.2) is 24.3 Å². The lowest BCUT2D eigenvalue weighted by atomic mass is 9.89. The zero-order valence-electron chi connectivity index (χ0n) is 17.0. The van der Waals surface area contributed by atoms with Crippen LogP contribution in [-0.4, -0.2) is 41.5 Å². The van der Waals surface area contributed by atoms with Crippen molar-refractivity contribution in [3.05, 3.63) is 40.4 Å². The van der Waals surface area contributed by atoms with Gasteiger partial charge in [-0.25, -0.2) is 4.98 Å². The number of amides is 1. The average Bonchev–Trinajstić information content (AvgIpc) is 3.38. The summed E-state index contributed by atoms with van der Waals surface area (Å²) in [4.78, 5) is 21.2. The van der Waals surface area contributed by atoms with Crippen LogP contribution in [0.5, 0.6) is 0 Å². The first kappa shape index (κ1) is 19.6. The fraction of sp³-hybridized carbons (Fsp3) is 0.565. The van der Waals surface area contributed by atoms with Crippen LogP contribution < -0.4 is 5.32 Å². The predicted molar refractivity (Wildman–Crippen MR) is 116 cm³/mol. The summed E-state index contributed by atoms with van der Waals surface area (Å²) in [7, 11) is 0. The summed E-state index contributed by atoms with van der Waals surface area (Å²) >= 11 is 1.56. The summed E-state index contributed by atoms with van der Waals surface area (Å²) in [5.74, 6) is 0.795. The first-order chi connectivity index (χ1) is 13.7. The van der Waals surface area contributed by atoms with E-state index in [1.807, 2.05) is 6.92 Å². The van der Waals surface area contributed by atoms with Crippen molar-refractivity contribution in [3.63, 3.8) is 0 Å². The molecule has 0 spiro atoms. The molecule has 0 aliphatic carbocycles. The smallest absolute Gasteiger partial charge is 0.266 e. The van der Waals surface area contributed by atoms with Crippen LogP contribution in [0.4, 0.5) is 0 Å². The van der Waals surface area contributed by atoms with Gasteiger partial charge in [-0.2, -0.15) is 0 Å². The van der Waals surface area contributed by atoms with Crippen molar-refractivity contribution < 1.29 is 4.79 Å². The van der Waals surface area contributed by atoms with Crippen LogP contribution in [0.1, 0.15) is 60.0 Å². The molecular weight excluding hydrogens is 366 g/mol. The third kappa shape index (κ3) is 4.01. The minimum Gasteiger partial charge on any atom is -0.335 e. The first-order valence-corrected chi connectivity index (χ1v) is 11.6. The van der Waals surface area contributed by atoms with E-state index < -0.39 is 0 Å². The Hall–Kier alpha value is -1.72. The quantitative estimate of drug-likeness (QED) is 0.797. The zero-order valence-corrected chi connectivity index (χ0v) is 17.9. The monoisotopic (exact) mass is 397 g/mol. The maximum Gasteiger partial charge on any atom is 0.266 e. The lowest BCUT2D eigenvalue weighted by Crippen LogP contribution is -2.48. The number of piperidine rings is 1. The third-order valence-corrected chi connectivity index (χ3v) is 7.38. The standard InChI is InChI=1S/C23H31N3OS/c1-3-6-17-8-10-18(11-9-17)22-25-16(2)21(28-22)23(27)26-14-5-4-7-20(26)19-12-13-24-15-19/h8-11,19-20,24H,3-7,12-15H2,1-2H3. The van der Waals surface area contributed by atoms with Gasteiger partial charge in [0.2, 0.25) is 0 Å². The van der Waals surface area contributed by atoms with E-state index in [4.69, 9.17) is 4.98 Å². The fourth-order valence-corrected chi connectivity index (χ4v) is 5.68. The maximum absolute atomic E-state index is 13.4. The number of hydrogen-bond donors (Lipinski definition) is 1. The molecule has 2 fully saturated rings. The highest BCUT2D eigenvalue weighted by atomic mass is 32.1. The summed E-state index contributed by atoms with van der Waals surface area (Å²) in [6.45, 7) is 7.20. The highest BCUT2D eigenvalue weighted by Gasteiger charge is 2.35. The van der Waals surface area contributed by atoms with Crippen molar-refractivity contribution in [1.82, 2.24) is 15.2 Å². The molecule has 150 valence electrons. The molecule has 0 bridgehead atoms. The lowest BCUT2D eigenvalue weighted by molar-refractivity contribution is 0.0534. The summed E-state index contributed by atoms with van der Waals surface area (Å²) < 4.78 is 0. The molecule has 2 saturated heterocycles. The van der Waals surface area contributed by atoms with Gasteiger partial charge in [0.05, 0.1) is 5.69 Å². The zero-order chi connectivity index (χ0) is 19.5. The Balaban J connectivity index is 1.55. The van der Waals surface area contributed by atoms with Crippen molar-refractivity contribution in [3.8, 4) is 10.6 Å². The number of benzene rings is 1. The molecule has 5 heteroatoms. The summed E-state index contributed by atoms with van der Waals surface area (Å²) in [6, 6.07) is 9.04. The number of carbonyl (C=O) groups is 1. The van der Waals surface area contributed by atoms with Crippen molar-refractivity contribution in [2.75, 3.05) is 19.6 Å². The van der Waals surface area contributed by atoms with Gasteiger partial charge >= 0.3 is 0 Å². The van der Waals surface area contributed by atoms with E-state index in [1.165, 1.54) is 18.4 Å². The summed E-state index contributed by atoms with van der Waals surface area (Å²) in [5, 5.41) is 4.43. The fourth-order valence-electron chi connectivity index (χ4n) is 4.66. The van der Waals surface area contributed by atoms with Crippen LogP contribution in [0, 0.1) is 12.8 Å². The van der Waals surface area contributed by atoms with Crippen molar-refractivity contribution in [2.24, 2.45) is 5.92 Å². The molecule has 0 radical (unpaired) electrons. The Morgan fingerprint density at radius 2 is 2.07 bits per heavy atom. The second kappa shape index (κ2) is 8.75. The Morgan fingerprint density at radius 3 is 2.79 bits per heavy atom. The van der Waals surface area contributed by atoms with E-state index in [0.717, 1.165) is 66.5 Å². The predicted octanol–water partition coefficient (Wildman–Crippen LogP) is 4.68. The van der Waals surface area contributed by atoms with Gasteiger partial charge in [0.15, 0.2) is 0 Å². The number of hydrogen-bond acceptors (Lipinski definition) is 4. The topological polar surface area (TPSA) is 45.2 Å². The van der Waals surface area contributed by atoms with Gasteiger partial charge in [0.25, 0.3) is 5.91 Å². The number of rotatable bonds is 5. The number of carbonyl (C=O) groups excluding carboxylic acids is 1. The minimum absolute atomic E-state index is 0.195. The molecule has 2 atom stereocenters. The Kier molecular flexibility index (Phi) is 6.12. The molecule has 1 N–H and O–H groups in total. The number of nitrogens with one attached hydrogen (secondary N) is 1. The second-order valence-electron chi connectivity index (χ2n) is 8.20. The molecular formula is C23H31N3OS. The van der Waals surface area contributed by atoms with Gasteiger partial charge < -0.3 is 10.2 Å². The van der Waals surface area contributed by atoms with Gasteiger partial charge in [-0.3, -0.25) is 4.79 Å². The van der Waals surface area contributed by atoms with Gasteiger partial charge in [-0.15, -0.1) is 11.3 Å². The molecule has 28 heavy (non-hydrogen) atoms. The number of aromatic nitrogens is 1. The number of nitrogens with zero attached hydrogens (tertiary/aromatic N) is 2. The summed E-state index contributed by atoms with van der Waals surface area (Å²) in [5.41, 5.74) is 3.34. The van der Waals surface area contributed by atoms with Gasteiger partial charge in [0, 0.05) is 18.2 Å². The SMILES string of the molecule is CCCc1ccc(-c2nc(C)c(C(=O)N3CCCCC3C3CCNC3)s2)cc1. The minimum atomic E-state index is 0.195. The molecule has 1 aromatic heterocycles. The third-order valence-electron chi connectivity index (χ3n) is 6.18. The number of thiazole rings is 1. The second-order valence-corrected chi connectivity index (χ2v) is 9.19. The van der Waals surface area contributed by atoms with Crippen LogP contribution in [0.25, 0.3) is 10.6 Å². The molecule has 2 aromatic rings. The normalized spacial score (nSPS) is 22.6. The molecule has 3 heterocycles. The highest BCUT2D eigenvalue weighted by Crippen LogP contribution is 2.33. The molecule has 2 unspecified atom stereocenters. The van der Waals surface area contributed by atoms with Crippen molar-refractivity contribution >= 4 is 17.2 Å². The lowest BCUT2D eigenvalue weighted by Gasteiger charge is -2.39. The van der Waals surface area contributed by atoms with Crippen LogP contribution in [0.3, 0.4) is 0 Å². The van der Waals surface area contributed by atoms with E-state index in [-0.39, 0.29) is 5.91 Å². The number of likely N-dealkylation sites (tertiary alicyclic amines) is 1. The molecule has 4 rings (SSSR count). The molecule has 4 nitrogen and oxygen atoms in total. The van der Waals surface area contributed by atoms with E-state index in [2.05, 4.69) is 41.4 Å². The molecule has 2 aliphatic heterocycles. The first-order valence-electron chi connectivity index (χ1n) is 10.8. The molecule has 0 saturated carbocycles. The number of aryl methyl sites for hydroxylation is 2. The molecule has 1 amide bonds. The van der Waals surface area contributed by atoms with Crippen LogP contribution in [0.2, 0.25) is 0 Å². The van der Waals surface area contributed by atoms with Crippen molar-refractivity contribution in [2.45, 2.75) is 58.4 Å². The van der Waals surface area contributed by atoms with E-state index in [0.29, 0.717) is 12.0 Å². The largest absolute Gasteiger partial charge is 0.335 e.